The van der Waals surface area contributed by atoms with Crippen LogP contribution in [-0.2, 0) is 0 Å². The Morgan fingerprint density at radius 2 is 1.77 bits per heavy atom. The Hall–Kier alpha value is -2.76. The van der Waals surface area contributed by atoms with Crippen LogP contribution in [0.2, 0.25) is 0 Å². The third-order valence-electron chi connectivity index (χ3n) is 3.25. The van der Waals surface area contributed by atoms with Crippen molar-refractivity contribution >= 4 is 11.6 Å². The molecule has 0 saturated heterocycles. The average Bonchev–Trinajstić information content (AvgIpc) is 2.59. The maximum atomic E-state index is 12.6. The highest BCUT2D eigenvalue weighted by atomic mass is 16.5. The molecule has 0 aliphatic carbocycles. The Labute approximate surface area is 129 Å². The van der Waals surface area contributed by atoms with Crippen molar-refractivity contribution < 1.29 is 19.0 Å². The van der Waals surface area contributed by atoms with E-state index in [1.54, 1.807) is 57.8 Å². The van der Waals surface area contributed by atoms with E-state index >= 15 is 0 Å². The van der Waals surface area contributed by atoms with E-state index in [4.69, 9.17) is 14.2 Å². The van der Waals surface area contributed by atoms with Crippen LogP contribution in [0.1, 0.15) is 10.4 Å². The zero-order valence-electron chi connectivity index (χ0n) is 13.0. The van der Waals surface area contributed by atoms with Crippen molar-refractivity contribution in [1.29, 1.82) is 0 Å². The van der Waals surface area contributed by atoms with Gasteiger partial charge < -0.3 is 19.1 Å². The quantitative estimate of drug-likeness (QED) is 0.848. The van der Waals surface area contributed by atoms with Crippen LogP contribution in [0.25, 0.3) is 0 Å². The zero-order valence-corrected chi connectivity index (χ0v) is 13.0. The van der Waals surface area contributed by atoms with Gasteiger partial charge in [0.25, 0.3) is 5.91 Å². The van der Waals surface area contributed by atoms with E-state index in [0.717, 1.165) is 0 Å². The number of benzene rings is 1. The van der Waals surface area contributed by atoms with Crippen molar-refractivity contribution in [2.24, 2.45) is 0 Å². The predicted molar refractivity (Wildman–Crippen MR) is 83.1 cm³/mol. The summed E-state index contributed by atoms with van der Waals surface area (Å²) in [5.74, 6) is 1.22. The molecule has 0 saturated carbocycles. The van der Waals surface area contributed by atoms with Crippen molar-refractivity contribution in [1.82, 2.24) is 4.98 Å². The highest BCUT2D eigenvalue weighted by Crippen LogP contribution is 2.32. The third kappa shape index (κ3) is 2.95. The summed E-state index contributed by atoms with van der Waals surface area (Å²) < 4.78 is 15.6. The summed E-state index contributed by atoms with van der Waals surface area (Å²) in [4.78, 5) is 18.2. The Morgan fingerprint density at radius 3 is 2.41 bits per heavy atom. The van der Waals surface area contributed by atoms with Crippen molar-refractivity contribution in [2.75, 3.05) is 33.3 Å². The highest BCUT2D eigenvalue weighted by molar-refractivity contribution is 6.07. The number of hydrogen-bond donors (Lipinski definition) is 0. The van der Waals surface area contributed by atoms with Crippen LogP contribution in [0.15, 0.2) is 36.5 Å². The van der Waals surface area contributed by atoms with Gasteiger partial charge in [0, 0.05) is 25.0 Å². The fourth-order valence-electron chi connectivity index (χ4n) is 2.05. The second-order valence-electron chi connectivity index (χ2n) is 4.46. The number of ether oxygens (including phenoxy) is 3. The van der Waals surface area contributed by atoms with Crippen molar-refractivity contribution in [3.8, 4) is 17.4 Å². The van der Waals surface area contributed by atoms with Crippen LogP contribution in [-0.4, -0.2) is 39.3 Å². The summed E-state index contributed by atoms with van der Waals surface area (Å²) in [5.41, 5.74) is 1.07. The van der Waals surface area contributed by atoms with Crippen LogP contribution in [0.4, 0.5) is 5.69 Å². The Morgan fingerprint density at radius 1 is 1.05 bits per heavy atom. The lowest BCUT2D eigenvalue weighted by Gasteiger charge is -2.19. The lowest BCUT2D eigenvalue weighted by Crippen LogP contribution is -2.26. The van der Waals surface area contributed by atoms with Gasteiger partial charge >= 0.3 is 0 Å². The Kier molecular flexibility index (Phi) is 4.83. The number of nitrogens with zero attached hydrogens (tertiary/aromatic N) is 2. The van der Waals surface area contributed by atoms with Gasteiger partial charge in [-0.2, -0.15) is 0 Å². The third-order valence-corrected chi connectivity index (χ3v) is 3.25. The zero-order chi connectivity index (χ0) is 16.1. The molecule has 0 N–H and O–H groups in total. The van der Waals surface area contributed by atoms with Crippen LogP contribution in [0, 0.1) is 0 Å². The highest BCUT2D eigenvalue weighted by Gasteiger charge is 2.19. The number of pyridine rings is 1. The number of carbonyl (C=O) groups excluding carboxylic acids is 1. The molecule has 1 heterocycles. The van der Waals surface area contributed by atoms with Gasteiger partial charge in [-0.05, 0) is 24.3 Å². The smallest absolute Gasteiger partial charge is 0.263 e. The van der Waals surface area contributed by atoms with Crippen LogP contribution < -0.4 is 19.1 Å². The Bertz CT molecular complexity index is 673. The van der Waals surface area contributed by atoms with Crippen molar-refractivity contribution in [3.05, 3.63) is 42.1 Å². The molecule has 1 aromatic heterocycles. The van der Waals surface area contributed by atoms with Gasteiger partial charge in [0.2, 0.25) is 5.88 Å². The minimum absolute atomic E-state index is 0.225. The first-order chi connectivity index (χ1) is 10.6. The molecule has 0 bridgehead atoms. The van der Waals surface area contributed by atoms with Gasteiger partial charge in [0.1, 0.15) is 5.56 Å². The van der Waals surface area contributed by atoms with Gasteiger partial charge in [-0.1, -0.05) is 0 Å². The SMILES string of the molecule is COc1ccc(N(C)C(=O)c2cccnc2OC)cc1OC. The van der Waals surface area contributed by atoms with E-state index in [9.17, 15) is 4.79 Å². The normalized spacial score (nSPS) is 10.0. The minimum Gasteiger partial charge on any atom is -0.493 e. The van der Waals surface area contributed by atoms with Gasteiger partial charge in [-0.3, -0.25) is 4.79 Å². The van der Waals surface area contributed by atoms with Crippen molar-refractivity contribution in [3.63, 3.8) is 0 Å². The lowest BCUT2D eigenvalue weighted by atomic mass is 10.2. The first-order valence-corrected chi connectivity index (χ1v) is 6.61. The summed E-state index contributed by atoms with van der Waals surface area (Å²) in [5, 5.41) is 0. The van der Waals surface area contributed by atoms with E-state index in [1.807, 2.05) is 0 Å². The van der Waals surface area contributed by atoms with E-state index in [1.165, 1.54) is 12.0 Å². The van der Waals surface area contributed by atoms with E-state index in [0.29, 0.717) is 28.6 Å². The molecule has 0 fully saturated rings. The van der Waals surface area contributed by atoms with E-state index < -0.39 is 0 Å². The van der Waals surface area contributed by atoms with Gasteiger partial charge in [0.05, 0.1) is 21.3 Å². The maximum Gasteiger partial charge on any atom is 0.263 e. The number of amides is 1. The molecule has 22 heavy (non-hydrogen) atoms. The number of methoxy groups -OCH3 is 3. The fraction of sp³-hybridized carbons (Fsp3) is 0.250. The molecule has 2 rings (SSSR count). The first-order valence-electron chi connectivity index (χ1n) is 6.61. The molecular weight excluding hydrogens is 284 g/mol. The molecule has 2 aromatic rings. The fourth-order valence-corrected chi connectivity index (χ4v) is 2.05. The molecule has 0 aliphatic heterocycles. The molecule has 6 heteroatoms. The first kappa shape index (κ1) is 15.6. The molecule has 0 aliphatic rings. The van der Waals surface area contributed by atoms with Gasteiger partial charge in [-0.15, -0.1) is 0 Å². The summed E-state index contributed by atoms with van der Waals surface area (Å²) in [6, 6.07) is 8.63. The monoisotopic (exact) mass is 302 g/mol. The summed E-state index contributed by atoms with van der Waals surface area (Å²) >= 11 is 0. The van der Waals surface area contributed by atoms with Gasteiger partial charge in [0.15, 0.2) is 11.5 Å². The molecule has 6 nitrogen and oxygen atoms in total. The van der Waals surface area contributed by atoms with Crippen LogP contribution in [0.3, 0.4) is 0 Å². The maximum absolute atomic E-state index is 12.6. The van der Waals surface area contributed by atoms with E-state index in [-0.39, 0.29) is 5.91 Å². The number of aromatic nitrogens is 1. The molecule has 116 valence electrons. The summed E-state index contributed by atoms with van der Waals surface area (Å²) in [6.07, 6.45) is 1.58. The molecule has 1 amide bonds. The number of anilines is 1. The largest absolute Gasteiger partial charge is 0.493 e. The number of carbonyl (C=O) groups is 1. The predicted octanol–water partition coefficient (Wildman–Crippen LogP) is 2.38. The van der Waals surface area contributed by atoms with Crippen LogP contribution in [0.5, 0.6) is 17.4 Å². The number of rotatable bonds is 5. The van der Waals surface area contributed by atoms with Gasteiger partial charge in [-0.25, -0.2) is 4.98 Å². The standard InChI is InChI=1S/C16H18N2O4/c1-18(11-7-8-13(20-2)14(10-11)21-3)16(19)12-6-5-9-17-15(12)22-4/h5-10H,1-4H3. The van der Waals surface area contributed by atoms with Crippen molar-refractivity contribution in [2.45, 2.75) is 0 Å². The summed E-state index contributed by atoms with van der Waals surface area (Å²) in [7, 11) is 6.27. The second-order valence-corrected chi connectivity index (χ2v) is 4.46. The molecule has 0 radical (unpaired) electrons. The second kappa shape index (κ2) is 6.80. The summed E-state index contributed by atoms with van der Waals surface area (Å²) in [6.45, 7) is 0. The average molecular weight is 302 g/mol. The molecule has 0 unspecified atom stereocenters. The minimum atomic E-state index is -0.225. The molecular formula is C16H18N2O4. The Balaban J connectivity index is 2.35. The number of hydrogen-bond acceptors (Lipinski definition) is 5. The molecule has 1 aromatic carbocycles. The lowest BCUT2D eigenvalue weighted by molar-refractivity contribution is 0.0989. The molecule has 0 spiro atoms. The van der Waals surface area contributed by atoms with E-state index in [2.05, 4.69) is 4.98 Å². The van der Waals surface area contributed by atoms with Crippen LogP contribution >= 0.6 is 0 Å². The topological polar surface area (TPSA) is 60.9 Å². The molecule has 0 atom stereocenters.